The summed E-state index contributed by atoms with van der Waals surface area (Å²) in [4.78, 5) is 0. The van der Waals surface area contributed by atoms with Crippen LogP contribution in [0.15, 0.2) is 42.5 Å². The van der Waals surface area contributed by atoms with Crippen molar-refractivity contribution in [2.45, 2.75) is 56.2 Å². The first-order chi connectivity index (χ1) is 14.0. The summed E-state index contributed by atoms with van der Waals surface area (Å²) in [5.41, 5.74) is 2.31. The predicted octanol–water partition coefficient (Wildman–Crippen LogP) is 2.23. The van der Waals surface area contributed by atoms with Crippen molar-refractivity contribution < 1.29 is 24.8 Å². The van der Waals surface area contributed by atoms with E-state index in [1.165, 1.54) is 0 Å². The zero-order valence-corrected chi connectivity index (χ0v) is 16.3. The van der Waals surface area contributed by atoms with Gasteiger partial charge in [0.05, 0.1) is 23.8 Å². The topological polar surface area (TPSA) is 103 Å². The van der Waals surface area contributed by atoms with Crippen molar-refractivity contribution >= 4 is 0 Å². The van der Waals surface area contributed by atoms with Crippen LogP contribution in [0, 0.1) is 11.3 Å². The highest BCUT2D eigenvalue weighted by Gasteiger charge is 2.60. The fourth-order valence-corrected chi connectivity index (χ4v) is 4.01. The molecule has 3 N–H and O–H groups in total. The lowest BCUT2D eigenvalue weighted by molar-refractivity contribution is -0.236. The molecule has 2 aromatic carbocycles. The maximum Gasteiger partial charge on any atom is 0.119 e. The number of hydrogen-bond acceptors (Lipinski definition) is 6. The zero-order chi connectivity index (χ0) is 20.6. The van der Waals surface area contributed by atoms with Gasteiger partial charge in [-0.3, -0.25) is 0 Å². The van der Waals surface area contributed by atoms with Gasteiger partial charge in [0.15, 0.2) is 0 Å². The first kappa shape index (κ1) is 19.9. The van der Waals surface area contributed by atoms with Gasteiger partial charge in [-0.15, -0.1) is 0 Å². The summed E-state index contributed by atoms with van der Waals surface area (Å²) in [7, 11) is 0. The molecule has 152 valence electrons. The number of rotatable bonds is 5. The molecule has 1 heterocycles. The Morgan fingerprint density at radius 2 is 1.83 bits per heavy atom. The third-order valence-electron chi connectivity index (χ3n) is 5.83. The van der Waals surface area contributed by atoms with E-state index in [0.29, 0.717) is 37.0 Å². The zero-order valence-electron chi connectivity index (χ0n) is 16.3. The van der Waals surface area contributed by atoms with Crippen LogP contribution in [0.4, 0.5) is 0 Å². The Balaban J connectivity index is 1.61. The first-order valence-corrected chi connectivity index (χ1v) is 9.94. The van der Waals surface area contributed by atoms with Crippen LogP contribution in [-0.2, 0) is 11.2 Å². The van der Waals surface area contributed by atoms with Crippen LogP contribution in [0.1, 0.15) is 48.1 Å². The summed E-state index contributed by atoms with van der Waals surface area (Å²) in [5.74, 6) is 0.798. The first-order valence-electron chi connectivity index (χ1n) is 9.94. The molecular formula is C23H25NO5. The molecule has 4 atom stereocenters. The fourth-order valence-electron chi connectivity index (χ4n) is 4.01. The van der Waals surface area contributed by atoms with Crippen LogP contribution in [0.2, 0.25) is 0 Å². The molecule has 2 aliphatic rings. The molecule has 29 heavy (non-hydrogen) atoms. The highest BCUT2D eigenvalue weighted by Crippen LogP contribution is 2.51. The van der Waals surface area contributed by atoms with Gasteiger partial charge in [0.2, 0.25) is 0 Å². The van der Waals surface area contributed by atoms with E-state index in [4.69, 9.17) is 9.47 Å². The Bertz CT molecular complexity index is 916. The van der Waals surface area contributed by atoms with Crippen LogP contribution in [0.5, 0.6) is 5.75 Å². The SMILES string of the molecule is CCOc1ccc(Cc2cc([C@@H]3OC4(CC4)[C@@H](O)C(O)C3O)ccc2C#N)cc1. The summed E-state index contributed by atoms with van der Waals surface area (Å²) in [5, 5.41) is 40.5. The number of nitriles is 1. The van der Waals surface area contributed by atoms with E-state index in [1.54, 1.807) is 12.1 Å². The van der Waals surface area contributed by atoms with Gasteiger partial charge < -0.3 is 24.8 Å². The van der Waals surface area contributed by atoms with Gasteiger partial charge in [0.1, 0.15) is 30.2 Å². The van der Waals surface area contributed by atoms with Crippen LogP contribution >= 0.6 is 0 Å². The van der Waals surface area contributed by atoms with Crippen LogP contribution in [0.3, 0.4) is 0 Å². The highest BCUT2D eigenvalue weighted by molar-refractivity contribution is 5.44. The van der Waals surface area contributed by atoms with Gasteiger partial charge in [-0.25, -0.2) is 0 Å². The van der Waals surface area contributed by atoms with Gasteiger partial charge in [-0.2, -0.15) is 5.26 Å². The number of aliphatic hydroxyl groups is 3. The Kier molecular flexibility index (Phi) is 5.32. The highest BCUT2D eigenvalue weighted by atomic mass is 16.6. The molecule has 0 aromatic heterocycles. The molecule has 1 spiro atoms. The maximum absolute atomic E-state index is 10.5. The van der Waals surface area contributed by atoms with Crippen molar-refractivity contribution in [2.75, 3.05) is 6.61 Å². The van der Waals surface area contributed by atoms with Crippen LogP contribution in [0.25, 0.3) is 0 Å². The standard InChI is InChI=1S/C23H25NO5/c1-2-28-18-7-3-14(4-8-18)11-17-12-15(5-6-16(17)13-24)21-19(25)20(26)22(27)23(29-21)9-10-23/h3-8,12,19-22,25-27H,2,9-11H2,1H3/t19?,20?,21-,22-/m0/s1. The Hall–Kier alpha value is -2.43. The molecular weight excluding hydrogens is 370 g/mol. The van der Waals surface area contributed by atoms with E-state index in [2.05, 4.69) is 6.07 Å². The van der Waals surface area contributed by atoms with Crippen molar-refractivity contribution in [3.63, 3.8) is 0 Å². The lowest BCUT2D eigenvalue weighted by Crippen LogP contribution is -2.55. The molecule has 6 nitrogen and oxygen atoms in total. The molecule has 6 heteroatoms. The largest absolute Gasteiger partial charge is 0.494 e. The van der Waals surface area contributed by atoms with E-state index in [1.807, 2.05) is 37.3 Å². The van der Waals surface area contributed by atoms with E-state index in [-0.39, 0.29) is 0 Å². The predicted molar refractivity (Wildman–Crippen MR) is 105 cm³/mol. The van der Waals surface area contributed by atoms with Crippen LogP contribution < -0.4 is 4.74 Å². The average Bonchev–Trinajstić information content (AvgIpc) is 3.51. The third-order valence-corrected chi connectivity index (χ3v) is 5.83. The van der Waals surface area contributed by atoms with Crippen molar-refractivity contribution in [1.82, 2.24) is 0 Å². The number of benzene rings is 2. The number of ether oxygens (including phenoxy) is 2. The second-order valence-electron chi connectivity index (χ2n) is 7.81. The molecule has 0 bridgehead atoms. The number of hydrogen-bond donors (Lipinski definition) is 3. The second kappa shape index (κ2) is 7.77. The van der Waals surface area contributed by atoms with Crippen LogP contribution in [-0.4, -0.2) is 45.8 Å². The molecule has 4 rings (SSSR count). The molecule has 0 radical (unpaired) electrons. The van der Waals surface area contributed by atoms with Gasteiger partial charge >= 0.3 is 0 Å². The minimum absolute atomic E-state index is 0.544. The minimum Gasteiger partial charge on any atom is -0.494 e. The van der Waals surface area contributed by atoms with Gasteiger partial charge in [0.25, 0.3) is 0 Å². The third kappa shape index (κ3) is 3.75. The lowest BCUT2D eigenvalue weighted by atomic mass is 9.88. The van der Waals surface area contributed by atoms with E-state index < -0.39 is 30.0 Å². The van der Waals surface area contributed by atoms with Crippen molar-refractivity contribution in [3.05, 3.63) is 64.7 Å². The summed E-state index contributed by atoms with van der Waals surface area (Å²) in [6.45, 7) is 2.54. The Labute approximate surface area is 169 Å². The number of nitrogens with zero attached hydrogens (tertiary/aromatic N) is 1. The van der Waals surface area contributed by atoms with Gasteiger partial charge in [-0.1, -0.05) is 24.3 Å². The molecule has 1 saturated heterocycles. The molecule has 0 amide bonds. The second-order valence-corrected chi connectivity index (χ2v) is 7.81. The molecule has 2 aromatic rings. The van der Waals surface area contributed by atoms with E-state index in [9.17, 15) is 20.6 Å². The maximum atomic E-state index is 10.5. The summed E-state index contributed by atoms with van der Waals surface area (Å²) in [6, 6.07) is 15.3. The van der Waals surface area contributed by atoms with E-state index >= 15 is 0 Å². The minimum atomic E-state index is -1.26. The number of aliphatic hydroxyl groups excluding tert-OH is 3. The quantitative estimate of drug-likeness (QED) is 0.717. The van der Waals surface area contributed by atoms with Crippen molar-refractivity contribution in [1.29, 1.82) is 5.26 Å². The monoisotopic (exact) mass is 395 g/mol. The van der Waals surface area contributed by atoms with E-state index in [0.717, 1.165) is 16.9 Å². The Morgan fingerprint density at radius 3 is 2.45 bits per heavy atom. The molecule has 1 aliphatic heterocycles. The lowest BCUT2D eigenvalue weighted by Gasteiger charge is -2.41. The average molecular weight is 395 g/mol. The van der Waals surface area contributed by atoms with Gasteiger partial charge in [0, 0.05) is 0 Å². The Morgan fingerprint density at radius 1 is 1.10 bits per heavy atom. The van der Waals surface area contributed by atoms with Crippen molar-refractivity contribution in [3.8, 4) is 11.8 Å². The molecule has 1 aliphatic carbocycles. The fraction of sp³-hybridized carbons (Fsp3) is 0.435. The molecule has 1 saturated carbocycles. The summed E-state index contributed by atoms with van der Waals surface area (Å²) in [6.07, 6.45) is -2.47. The normalized spacial score (nSPS) is 27.4. The smallest absolute Gasteiger partial charge is 0.119 e. The van der Waals surface area contributed by atoms with Gasteiger partial charge in [-0.05, 0) is 61.1 Å². The summed E-state index contributed by atoms with van der Waals surface area (Å²) < 4.78 is 11.5. The molecule has 2 fully saturated rings. The van der Waals surface area contributed by atoms with Crippen molar-refractivity contribution in [2.24, 2.45) is 0 Å². The summed E-state index contributed by atoms with van der Waals surface area (Å²) >= 11 is 0. The molecule has 2 unspecified atom stereocenters.